The van der Waals surface area contributed by atoms with E-state index in [1.54, 1.807) is 6.20 Å². The lowest BCUT2D eigenvalue weighted by molar-refractivity contribution is 0.0539. The van der Waals surface area contributed by atoms with E-state index in [4.69, 9.17) is 18.0 Å². The van der Waals surface area contributed by atoms with E-state index in [1.165, 1.54) is 25.9 Å². The molecule has 2 aliphatic rings. The number of hydrogen-bond donors (Lipinski definition) is 1. The molecule has 2 aliphatic heterocycles. The minimum absolute atomic E-state index is 0.396. The van der Waals surface area contributed by atoms with Crippen LogP contribution in [0.4, 0.5) is 0 Å². The smallest absolute Gasteiger partial charge is 0.123 e. The van der Waals surface area contributed by atoms with Crippen LogP contribution in [0.2, 0.25) is 0 Å². The van der Waals surface area contributed by atoms with E-state index >= 15 is 0 Å². The van der Waals surface area contributed by atoms with Crippen LogP contribution in [-0.4, -0.2) is 51.5 Å². The molecule has 0 spiro atoms. The fourth-order valence-corrected chi connectivity index (χ4v) is 3.66. The van der Waals surface area contributed by atoms with Crippen molar-refractivity contribution in [3.8, 4) is 0 Å². The minimum Gasteiger partial charge on any atom is -0.388 e. The summed E-state index contributed by atoms with van der Waals surface area (Å²) in [4.78, 5) is 9.91. The molecule has 1 aromatic rings. The molecule has 0 aliphatic carbocycles. The summed E-state index contributed by atoms with van der Waals surface area (Å²) in [6.07, 6.45) is 4.44. The van der Waals surface area contributed by atoms with Crippen LogP contribution in [0.5, 0.6) is 0 Å². The van der Waals surface area contributed by atoms with Crippen molar-refractivity contribution < 1.29 is 0 Å². The van der Waals surface area contributed by atoms with Gasteiger partial charge in [-0.2, -0.15) is 0 Å². The summed E-state index contributed by atoms with van der Waals surface area (Å²) in [7, 11) is 0. The van der Waals surface area contributed by atoms with E-state index in [0.29, 0.717) is 11.0 Å². The Labute approximate surface area is 126 Å². The fourth-order valence-electron chi connectivity index (χ4n) is 3.48. The van der Waals surface area contributed by atoms with Crippen LogP contribution in [0.15, 0.2) is 18.3 Å². The van der Waals surface area contributed by atoms with E-state index in [0.717, 1.165) is 30.4 Å². The van der Waals surface area contributed by atoms with Crippen molar-refractivity contribution in [3.63, 3.8) is 0 Å². The summed E-state index contributed by atoms with van der Waals surface area (Å²) in [6, 6.07) is 5.36. The lowest BCUT2D eigenvalue weighted by Gasteiger charge is -2.42. The number of nitrogens with zero attached hydrogens (tertiary/aromatic N) is 3. The Balaban J connectivity index is 1.75. The van der Waals surface area contributed by atoms with Gasteiger partial charge in [-0.3, -0.25) is 14.8 Å². The van der Waals surface area contributed by atoms with E-state index in [2.05, 4.69) is 27.8 Å². The second kappa shape index (κ2) is 5.76. The van der Waals surface area contributed by atoms with E-state index < -0.39 is 0 Å². The quantitative estimate of drug-likeness (QED) is 0.852. The highest BCUT2D eigenvalue weighted by molar-refractivity contribution is 7.80. The second-order valence-corrected chi connectivity index (χ2v) is 6.38. The molecular weight excluding hydrogens is 268 g/mol. The number of thiocarbonyl (C=S) groups is 1. The van der Waals surface area contributed by atoms with Crippen molar-refractivity contribution in [2.45, 2.75) is 38.4 Å². The molecule has 0 saturated carbocycles. The van der Waals surface area contributed by atoms with Gasteiger partial charge in [-0.05, 0) is 37.9 Å². The summed E-state index contributed by atoms with van der Waals surface area (Å²) in [5.74, 6) is 0. The zero-order valence-corrected chi connectivity index (χ0v) is 12.8. The number of hydrogen-bond acceptors (Lipinski definition) is 4. The minimum atomic E-state index is 0.396. The molecule has 2 saturated heterocycles. The second-order valence-electron chi connectivity index (χ2n) is 5.94. The Bertz CT molecular complexity index is 504. The van der Waals surface area contributed by atoms with E-state index in [-0.39, 0.29) is 0 Å². The van der Waals surface area contributed by atoms with Crippen LogP contribution in [-0.2, 0) is 6.54 Å². The van der Waals surface area contributed by atoms with Gasteiger partial charge in [0.15, 0.2) is 0 Å². The van der Waals surface area contributed by atoms with Crippen molar-refractivity contribution in [1.29, 1.82) is 0 Å². The van der Waals surface area contributed by atoms with Crippen molar-refractivity contribution in [1.82, 2.24) is 14.8 Å². The monoisotopic (exact) mass is 290 g/mol. The highest BCUT2D eigenvalue weighted by atomic mass is 32.1. The van der Waals surface area contributed by atoms with Crippen molar-refractivity contribution in [2.24, 2.45) is 5.73 Å². The summed E-state index contributed by atoms with van der Waals surface area (Å²) in [5, 5.41) is 0. The largest absolute Gasteiger partial charge is 0.388 e. The van der Waals surface area contributed by atoms with Crippen LogP contribution in [0.3, 0.4) is 0 Å². The molecule has 1 aromatic heterocycles. The van der Waals surface area contributed by atoms with Crippen LogP contribution in [0, 0.1) is 0 Å². The molecule has 0 radical (unpaired) electrons. The molecule has 0 amide bonds. The highest BCUT2D eigenvalue weighted by Gasteiger charge is 2.34. The topological polar surface area (TPSA) is 45.4 Å². The first-order valence-corrected chi connectivity index (χ1v) is 7.78. The van der Waals surface area contributed by atoms with Gasteiger partial charge < -0.3 is 5.73 Å². The average molecular weight is 290 g/mol. The van der Waals surface area contributed by atoms with E-state index in [9.17, 15) is 0 Å². The molecule has 3 rings (SSSR count). The van der Waals surface area contributed by atoms with Crippen LogP contribution >= 0.6 is 12.2 Å². The maximum Gasteiger partial charge on any atom is 0.123 e. The SMILES string of the molecule is CC1CN2CCCC2CN1Cc1cccnc1C(N)=S. The van der Waals surface area contributed by atoms with Crippen LogP contribution < -0.4 is 5.73 Å². The molecule has 2 fully saturated rings. The lowest BCUT2D eigenvalue weighted by Crippen LogP contribution is -2.54. The maximum absolute atomic E-state index is 5.78. The highest BCUT2D eigenvalue weighted by Crippen LogP contribution is 2.26. The number of fused-ring (bicyclic) bond motifs is 1. The van der Waals surface area contributed by atoms with Crippen molar-refractivity contribution >= 4 is 17.2 Å². The molecule has 20 heavy (non-hydrogen) atoms. The van der Waals surface area contributed by atoms with Gasteiger partial charge in [0.1, 0.15) is 10.7 Å². The Morgan fingerprint density at radius 2 is 2.35 bits per heavy atom. The van der Waals surface area contributed by atoms with Gasteiger partial charge in [0.25, 0.3) is 0 Å². The standard InChI is InChI=1S/C15H22N4S/c1-11-8-18-7-3-5-13(18)10-19(11)9-12-4-2-6-17-14(12)15(16)20/h2,4,6,11,13H,3,5,7-10H2,1H3,(H2,16,20). The Hall–Kier alpha value is -1.04. The third kappa shape index (κ3) is 2.71. The van der Waals surface area contributed by atoms with Crippen LogP contribution in [0.1, 0.15) is 31.0 Å². The number of aromatic nitrogens is 1. The molecular formula is C15H22N4S. The van der Waals surface area contributed by atoms with Gasteiger partial charge in [0, 0.05) is 37.9 Å². The molecule has 4 nitrogen and oxygen atoms in total. The number of rotatable bonds is 3. The fraction of sp³-hybridized carbons (Fsp3) is 0.600. The molecule has 5 heteroatoms. The summed E-state index contributed by atoms with van der Waals surface area (Å²) >= 11 is 5.11. The van der Waals surface area contributed by atoms with Crippen molar-refractivity contribution in [2.75, 3.05) is 19.6 Å². The first kappa shape index (κ1) is 13.9. The number of nitrogens with two attached hydrogens (primary N) is 1. The lowest BCUT2D eigenvalue weighted by atomic mass is 10.1. The predicted octanol–water partition coefficient (Wildman–Crippen LogP) is 1.38. The molecule has 2 atom stereocenters. The summed E-state index contributed by atoms with van der Waals surface area (Å²) in [6.45, 7) is 6.80. The third-order valence-electron chi connectivity index (χ3n) is 4.56. The van der Waals surface area contributed by atoms with Gasteiger partial charge in [-0.15, -0.1) is 0 Å². The van der Waals surface area contributed by atoms with Crippen LogP contribution in [0.25, 0.3) is 0 Å². The third-order valence-corrected chi connectivity index (χ3v) is 4.76. The maximum atomic E-state index is 5.78. The van der Waals surface area contributed by atoms with E-state index in [1.807, 2.05) is 6.07 Å². The van der Waals surface area contributed by atoms with Gasteiger partial charge in [-0.25, -0.2) is 0 Å². The first-order valence-electron chi connectivity index (χ1n) is 7.37. The van der Waals surface area contributed by atoms with Gasteiger partial charge in [-0.1, -0.05) is 18.3 Å². The predicted molar refractivity (Wildman–Crippen MR) is 84.6 cm³/mol. The Kier molecular flexibility index (Phi) is 4.01. The molecule has 2 unspecified atom stereocenters. The number of pyridine rings is 1. The van der Waals surface area contributed by atoms with Crippen molar-refractivity contribution in [3.05, 3.63) is 29.6 Å². The zero-order valence-electron chi connectivity index (χ0n) is 12.0. The average Bonchev–Trinajstić information content (AvgIpc) is 2.86. The Morgan fingerprint density at radius 1 is 1.50 bits per heavy atom. The summed E-state index contributed by atoms with van der Waals surface area (Å²) in [5.41, 5.74) is 7.71. The molecule has 3 heterocycles. The van der Waals surface area contributed by atoms with Gasteiger partial charge in [0.05, 0.1) is 0 Å². The molecule has 0 bridgehead atoms. The molecule has 0 aromatic carbocycles. The number of piperazine rings is 1. The van der Waals surface area contributed by atoms with Gasteiger partial charge in [0.2, 0.25) is 0 Å². The Morgan fingerprint density at radius 3 is 3.15 bits per heavy atom. The molecule has 108 valence electrons. The first-order chi connectivity index (χ1) is 9.65. The normalized spacial score (nSPS) is 27.4. The zero-order chi connectivity index (χ0) is 14.1. The summed E-state index contributed by atoms with van der Waals surface area (Å²) < 4.78 is 0. The van der Waals surface area contributed by atoms with Gasteiger partial charge >= 0.3 is 0 Å². The molecule has 2 N–H and O–H groups in total.